The third-order valence-corrected chi connectivity index (χ3v) is 3.14. The molecule has 1 aliphatic heterocycles. The fraction of sp³-hybridized carbons (Fsp3) is 0.462. The van der Waals surface area contributed by atoms with Gasteiger partial charge in [-0.2, -0.15) is 0 Å². The molecule has 1 N–H and O–H groups in total. The largest absolute Gasteiger partial charge is 0.480 e. The van der Waals surface area contributed by atoms with E-state index in [0.717, 1.165) is 19.5 Å². The number of nitrogens with zero attached hydrogens (tertiary/aromatic N) is 1. The predicted molar refractivity (Wildman–Crippen MR) is 62.5 cm³/mol. The van der Waals surface area contributed by atoms with E-state index >= 15 is 0 Å². The van der Waals surface area contributed by atoms with Crippen molar-refractivity contribution in [3.63, 3.8) is 0 Å². The highest BCUT2D eigenvalue weighted by atomic mass is 16.4. The molecule has 0 amide bonds. The van der Waals surface area contributed by atoms with Gasteiger partial charge in [-0.05, 0) is 37.0 Å². The second kappa shape index (κ2) is 4.26. The Balaban J connectivity index is 2.23. The van der Waals surface area contributed by atoms with Crippen molar-refractivity contribution in [2.24, 2.45) is 0 Å². The van der Waals surface area contributed by atoms with Gasteiger partial charge in [-0.1, -0.05) is 17.7 Å². The minimum Gasteiger partial charge on any atom is -0.480 e. The molecule has 0 saturated heterocycles. The van der Waals surface area contributed by atoms with Gasteiger partial charge in [0.15, 0.2) is 0 Å². The molecule has 1 heterocycles. The summed E-state index contributed by atoms with van der Waals surface area (Å²) >= 11 is 0. The Morgan fingerprint density at radius 1 is 1.44 bits per heavy atom. The summed E-state index contributed by atoms with van der Waals surface area (Å²) in [5, 5.41) is 8.78. The maximum absolute atomic E-state index is 10.7. The van der Waals surface area contributed by atoms with Crippen LogP contribution < -0.4 is 0 Å². The van der Waals surface area contributed by atoms with Gasteiger partial charge in [-0.25, -0.2) is 0 Å². The summed E-state index contributed by atoms with van der Waals surface area (Å²) in [4.78, 5) is 12.7. The zero-order valence-electron chi connectivity index (χ0n) is 9.79. The molecule has 1 aliphatic rings. The van der Waals surface area contributed by atoms with E-state index in [-0.39, 0.29) is 6.54 Å². The molecular weight excluding hydrogens is 202 g/mol. The molecule has 0 aliphatic carbocycles. The maximum atomic E-state index is 10.7. The molecule has 3 heteroatoms. The number of hydrogen-bond acceptors (Lipinski definition) is 2. The van der Waals surface area contributed by atoms with Gasteiger partial charge in [0.05, 0.1) is 6.54 Å². The van der Waals surface area contributed by atoms with E-state index < -0.39 is 5.97 Å². The van der Waals surface area contributed by atoms with Gasteiger partial charge in [0.1, 0.15) is 0 Å². The number of carboxylic acids is 1. The van der Waals surface area contributed by atoms with E-state index in [1.807, 2.05) is 4.90 Å². The van der Waals surface area contributed by atoms with Crippen LogP contribution in [0.4, 0.5) is 0 Å². The summed E-state index contributed by atoms with van der Waals surface area (Å²) < 4.78 is 0. The minimum atomic E-state index is -0.743. The quantitative estimate of drug-likeness (QED) is 0.823. The molecular formula is C13H17NO2. The lowest BCUT2D eigenvalue weighted by atomic mass is 9.93. The van der Waals surface area contributed by atoms with E-state index in [2.05, 4.69) is 26.0 Å². The highest BCUT2D eigenvalue weighted by Gasteiger charge is 2.19. The SMILES string of the molecule is Cc1cc(C)c2c(c1)CN(CC(=O)O)CC2. The monoisotopic (exact) mass is 219 g/mol. The average Bonchev–Trinajstić information content (AvgIpc) is 2.15. The van der Waals surface area contributed by atoms with Crippen LogP contribution >= 0.6 is 0 Å². The van der Waals surface area contributed by atoms with Gasteiger partial charge in [-0.15, -0.1) is 0 Å². The lowest BCUT2D eigenvalue weighted by molar-refractivity contribution is -0.138. The molecule has 0 saturated carbocycles. The summed E-state index contributed by atoms with van der Waals surface area (Å²) in [6.45, 7) is 5.99. The number of rotatable bonds is 2. The van der Waals surface area contributed by atoms with Gasteiger partial charge in [0.25, 0.3) is 0 Å². The standard InChI is InChI=1S/C13H17NO2/c1-9-5-10(2)12-3-4-14(8-13(15)16)7-11(12)6-9/h5-6H,3-4,7-8H2,1-2H3,(H,15,16). The molecule has 0 radical (unpaired) electrons. The molecule has 0 atom stereocenters. The molecule has 1 aromatic rings. The first kappa shape index (κ1) is 11.1. The van der Waals surface area contributed by atoms with Crippen LogP contribution in [0.2, 0.25) is 0 Å². The smallest absolute Gasteiger partial charge is 0.317 e. The van der Waals surface area contributed by atoms with Crippen molar-refractivity contribution < 1.29 is 9.90 Å². The van der Waals surface area contributed by atoms with Gasteiger partial charge in [-0.3, -0.25) is 9.69 Å². The van der Waals surface area contributed by atoms with Crippen molar-refractivity contribution in [1.82, 2.24) is 4.90 Å². The third-order valence-electron chi connectivity index (χ3n) is 3.14. The van der Waals surface area contributed by atoms with Gasteiger partial charge in [0, 0.05) is 13.1 Å². The summed E-state index contributed by atoms with van der Waals surface area (Å²) in [7, 11) is 0. The lowest BCUT2D eigenvalue weighted by Crippen LogP contribution is -2.35. The average molecular weight is 219 g/mol. The Morgan fingerprint density at radius 2 is 2.19 bits per heavy atom. The number of hydrogen-bond donors (Lipinski definition) is 1. The summed E-state index contributed by atoms with van der Waals surface area (Å²) in [5.74, 6) is -0.743. The molecule has 1 aromatic carbocycles. The first-order valence-corrected chi connectivity index (χ1v) is 5.59. The Hall–Kier alpha value is -1.35. The van der Waals surface area contributed by atoms with Crippen LogP contribution in [0.3, 0.4) is 0 Å². The van der Waals surface area contributed by atoms with Crippen molar-refractivity contribution in [3.8, 4) is 0 Å². The second-order valence-corrected chi connectivity index (χ2v) is 4.57. The molecule has 0 spiro atoms. The number of carboxylic acid groups (broad SMARTS) is 1. The molecule has 0 fully saturated rings. The van der Waals surface area contributed by atoms with Crippen LogP contribution in [0.25, 0.3) is 0 Å². The lowest BCUT2D eigenvalue weighted by Gasteiger charge is -2.28. The van der Waals surface area contributed by atoms with Crippen molar-refractivity contribution in [3.05, 3.63) is 34.4 Å². The zero-order valence-corrected chi connectivity index (χ0v) is 9.79. The number of aliphatic carboxylic acids is 1. The van der Waals surface area contributed by atoms with E-state index in [0.29, 0.717) is 0 Å². The van der Waals surface area contributed by atoms with Crippen LogP contribution in [0.5, 0.6) is 0 Å². The van der Waals surface area contributed by atoms with Crippen molar-refractivity contribution in [1.29, 1.82) is 0 Å². The fourth-order valence-corrected chi connectivity index (χ4v) is 2.50. The highest BCUT2D eigenvalue weighted by molar-refractivity contribution is 5.69. The van der Waals surface area contributed by atoms with Gasteiger partial charge >= 0.3 is 5.97 Å². The number of fused-ring (bicyclic) bond motifs is 1. The molecule has 0 bridgehead atoms. The van der Waals surface area contributed by atoms with Crippen LogP contribution in [0, 0.1) is 13.8 Å². The maximum Gasteiger partial charge on any atom is 0.317 e. The van der Waals surface area contributed by atoms with Crippen LogP contribution in [0.1, 0.15) is 22.3 Å². The van der Waals surface area contributed by atoms with Crippen molar-refractivity contribution in [2.75, 3.05) is 13.1 Å². The van der Waals surface area contributed by atoms with E-state index in [4.69, 9.17) is 5.11 Å². The van der Waals surface area contributed by atoms with Gasteiger partial charge < -0.3 is 5.11 Å². The second-order valence-electron chi connectivity index (χ2n) is 4.57. The highest BCUT2D eigenvalue weighted by Crippen LogP contribution is 2.23. The number of aryl methyl sites for hydroxylation is 2. The normalized spacial score (nSPS) is 15.9. The summed E-state index contributed by atoms with van der Waals surface area (Å²) in [5.41, 5.74) is 5.30. The Labute approximate surface area is 95.7 Å². The van der Waals surface area contributed by atoms with Gasteiger partial charge in [0.2, 0.25) is 0 Å². The minimum absolute atomic E-state index is 0.145. The van der Waals surface area contributed by atoms with Crippen LogP contribution in [-0.2, 0) is 17.8 Å². The molecule has 0 aromatic heterocycles. The first-order valence-electron chi connectivity index (χ1n) is 5.59. The first-order chi connectivity index (χ1) is 7.56. The molecule has 3 nitrogen and oxygen atoms in total. The predicted octanol–water partition coefficient (Wildman–Crippen LogP) is 1.75. The van der Waals surface area contributed by atoms with Crippen molar-refractivity contribution >= 4 is 5.97 Å². The zero-order chi connectivity index (χ0) is 11.7. The summed E-state index contributed by atoms with van der Waals surface area (Å²) in [6, 6.07) is 4.38. The van der Waals surface area contributed by atoms with E-state index in [1.165, 1.54) is 22.3 Å². The summed E-state index contributed by atoms with van der Waals surface area (Å²) in [6.07, 6.45) is 0.967. The van der Waals surface area contributed by atoms with Crippen LogP contribution in [-0.4, -0.2) is 29.1 Å². The molecule has 2 rings (SSSR count). The Bertz CT molecular complexity index is 426. The molecule has 0 unspecified atom stereocenters. The van der Waals surface area contributed by atoms with Crippen molar-refractivity contribution in [2.45, 2.75) is 26.8 Å². The third kappa shape index (κ3) is 2.25. The number of benzene rings is 1. The number of carbonyl (C=O) groups is 1. The van der Waals surface area contributed by atoms with Crippen LogP contribution in [0.15, 0.2) is 12.1 Å². The Morgan fingerprint density at radius 3 is 2.88 bits per heavy atom. The van der Waals surface area contributed by atoms with E-state index in [1.54, 1.807) is 0 Å². The van der Waals surface area contributed by atoms with E-state index in [9.17, 15) is 4.79 Å². The molecule has 86 valence electrons. The topological polar surface area (TPSA) is 40.5 Å². The Kier molecular flexibility index (Phi) is 2.97. The molecule has 16 heavy (non-hydrogen) atoms. The fourth-order valence-electron chi connectivity index (χ4n) is 2.50.